The summed E-state index contributed by atoms with van der Waals surface area (Å²) in [5.74, 6) is 0. The van der Waals surface area contributed by atoms with Crippen molar-refractivity contribution in [1.29, 1.82) is 0 Å². The first kappa shape index (κ1) is 13.6. The molecule has 1 rings (SSSR count). The number of aromatic nitrogens is 2. The molecule has 0 saturated heterocycles. The summed E-state index contributed by atoms with van der Waals surface area (Å²) in [6, 6.07) is 0.145. The van der Waals surface area contributed by atoms with Gasteiger partial charge in [-0.25, -0.2) is 0 Å². The average Bonchev–Trinajstić information content (AvgIpc) is 2.69. The zero-order chi connectivity index (χ0) is 11.8. The van der Waals surface area contributed by atoms with Crippen LogP contribution in [-0.4, -0.2) is 9.59 Å². The molecule has 92 valence electrons. The second-order valence-electron chi connectivity index (χ2n) is 4.39. The van der Waals surface area contributed by atoms with Gasteiger partial charge in [0.05, 0.1) is 10.6 Å². The van der Waals surface area contributed by atoms with E-state index in [1.165, 1.54) is 50.1 Å². The average molecular weight is 241 g/mol. The van der Waals surface area contributed by atoms with Crippen LogP contribution < -0.4 is 5.73 Å². The van der Waals surface area contributed by atoms with Crippen LogP contribution in [0, 0.1) is 6.92 Å². The summed E-state index contributed by atoms with van der Waals surface area (Å²) in [4.78, 5) is 1.16. The highest BCUT2D eigenvalue weighted by atomic mass is 32.1. The van der Waals surface area contributed by atoms with E-state index in [9.17, 15) is 0 Å². The van der Waals surface area contributed by atoms with Gasteiger partial charge < -0.3 is 5.73 Å². The molecule has 0 aliphatic carbocycles. The number of rotatable bonds is 8. The third-order valence-electron chi connectivity index (χ3n) is 2.89. The lowest BCUT2D eigenvalue weighted by molar-refractivity contribution is 0.549. The molecule has 1 unspecified atom stereocenters. The molecule has 0 aliphatic rings. The summed E-state index contributed by atoms with van der Waals surface area (Å²) < 4.78 is 3.92. The summed E-state index contributed by atoms with van der Waals surface area (Å²) in [5.41, 5.74) is 7.11. The molecule has 0 radical (unpaired) electrons. The number of nitrogens with two attached hydrogens (primary N) is 1. The van der Waals surface area contributed by atoms with Crippen LogP contribution in [0.2, 0.25) is 0 Å². The summed E-state index contributed by atoms with van der Waals surface area (Å²) in [7, 11) is 0. The van der Waals surface area contributed by atoms with E-state index >= 15 is 0 Å². The summed E-state index contributed by atoms with van der Waals surface area (Å²) in [6.07, 6.45) is 8.99. The van der Waals surface area contributed by atoms with Gasteiger partial charge in [0, 0.05) is 6.04 Å². The van der Waals surface area contributed by atoms with Gasteiger partial charge in [0.25, 0.3) is 0 Å². The molecule has 1 atom stereocenters. The van der Waals surface area contributed by atoms with Crippen molar-refractivity contribution in [3.63, 3.8) is 0 Å². The lowest BCUT2D eigenvalue weighted by Crippen LogP contribution is -2.09. The number of unbranched alkanes of at least 4 members (excludes halogenated alkanes) is 5. The SMILES string of the molecule is CCCCCCCCC(N)c1snnc1C. The van der Waals surface area contributed by atoms with E-state index in [1.807, 2.05) is 6.92 Å². The minimum absolute atomic E-state index is 0.145. The Hall–Kier alpha value is -0.480. The van der Waals surface area contributed by atoms with Gasteiger partial charge in [-0.1, -0.05) is 49.9 Å². The molecule has 1 aromatic rings. The summed E-state index contributed by atoms with van der Waals surface area (Å²) in [6.45, 7) is 4.23. The van der Waals surface area contributed by atoms with Gasteiger partial charge >= 0.3 is 0 Å². The highest BCUT2D eigenvalue weighted by Crippen LogP contribution is 2.22. The molecule has 0 aliphatic heterocycles. The fourth-order valence-electron chi connectivity index (χ4n) is 1.85. The first-order valence-electron chi connectivity index (χ1n) is 6.30. The van der Waals surface area contributed by atoms with E-state index in [0.717, 1.165) is 17.0 Å². The summed E-state index contributed by atoms with van der Waals surface area (Å²) in [5, 5.41) is 3.99. The van der Waals surface area contributed by atoms with E-state index in [-0.39, 0.29) is 6.04 Å². The lowest BCUT2D eigenvalue weighted by atomic mass is 10.0. The van der Waals surface area contributed by atoms with Gasteiger partial charge in [-0.15, -0.1) is 5.10 Å². The fraction of sp³-hybridized carbons (Fsp3) is 0.833. The van der Waals surface area contributed by atoms with Crippen LogP contribution in [0.4, 0.5) is 0 Å². The van der Waals surface area contributed by atoms with Gasteiger partial charge in [-0.05, 0) is 24.9 Å². The Morgan fingerprint density at radius 1 is 1.19 bits per heavy atom. The van der Waals surface area contributed by atoms with Crippen LogP contribution in [0.15, 0.2) is 0 Å². The van der Waals surface area contributed by atoms with Gasteiger partial charge in [0.2, 0.25) is 0 Å². The van der Waals surface area contributed by atoms with Crippen LogP contribution >= 0.6 is 11.5 Å². The quantitative estimate of drug-likeness (QED) is 0.707. The van der Waals surface area contributed by atoms with E-state index in [4.69, 9.17) is 5.73 Å². The van der Waals surface area contributed by atoms with Crippen LogP contribution in [0.3, 0.4) is 0 Å². The molecule has 3 nitrogen and oxygen atoms in total. The Morgan fingerprint density at radius 3 is 2.50 bits per heavy atom. The Labute approximate surface area is 103 Å². The molecule has 4 heteroatoms. The Kier molecular flexibility index (Phi) is 6.57. The molecular formula is C12H23N3S. The van der Waals surface area contributed by atoms with Crippen molar-refractivity contribution in [3.8, 4) is 0 Å². The summed E-state index contributed by atoms with van der Waals surface area (Å²) >= 11 is 1.44. The Bertz CT molecular complexity index is 286. The topological polar surface area (TPSA) is 51.8 Å². The van der Waals surface area contributed by atoms with Crippen molar-refractivity contribution in [2.45, 2.75) is 64.8 Å². The number of nitrogens with zero attached hydrogens (tertiary/aromatic N) is 2. The molecule has 0 amide bonds. The Morgan fingerprint density at radius 2 is 1.88 bits per heavy atom. The minimum atomic E-state index is 0.145. The van der Waals surface area contributed by atoms with E-state index in [1.54, 1.807) is 0 Å². The molecule has 1 aromatic heterocycles. The van der Waals surface area contributed by atoms with Crippen LogP contribution in [-0.2, 0) is 0 Å². The molecule has 16 heavy (non-hydrogen) atoms. The van der Waals surface area contributed by atoms with Crippen molar-refractivity contribution in [1.82, 2.24) is 9.59 Å². The first-order chi connectivity index (χ1) is 7.75. The maximum atomic E-state index is 6.11. The molecule has 2 N–H and O–H groups in total. The molecule has 0 bridgehead atoms. The molecule has 0 spiro atoms. The third-order valence-corrected chi connectivity index (χ3v) is 3.85. The maximum absolute atomic E-state index is 6.11. The highest BCUT2D eigenvalue weighted by Gasteiger charge is 2.11. The van der Waals surface area contributed by atoms with Crippen molar-refractivity contribution >= 4 is 11.5 Å². The smallest absolute Gasteiger partial charge is 0.0772 e. The monoisotopic (exact) mass is 241 g/mol. The first-order valence-corrected chi connectivity index (χ1v) is 7.07. The molecule has 0 fully saturated rings. The largest absolute Gasteiger partial charge is 0.323 e. The van der Waals surface area contributed by atoms with Crippen LogP contribution in [0.1, 0.15) is 68.5 Å². The van der Waals surface area contributed by atoms with Gasteiger partial charge in [0.1, 0.15) is 0 Å². The second kappa shape index (κ2) is 7.74. The number of hydrogen-bond donors (Lipinski definition) is 1. The van der Waals surface area contributed by atoms with Crippen molar-refractivity contribution in [3.05, 3.63) is 10.6 Å². The van der Waals surface area contributed by atoms with Crippen molar-refractivity contribution in [2.75, 3.05) is 0 Å². The van der Waals surface area contributed by atoms with E-state index in [2.05, 4.69) is 16.5 Å². The maximum Gasteiger partial charge on any atom is 0.0772 e. The van der Waals surface area contributed by atoms with Crippen LogP contribution in [0.25, 0.3) is 0 Å². The molecule has 0 saturated carbocycles. The van der Waals surface area contributed by atoms with E-state index < -0.39 is 0 Å². The number of hydrogen-bond acceptors (Lipinski definition) is 4. The second-order valence-corrected chi connectivity index (χ2v) is 5.17. The van der Waals surface area contributed by atoms with Gasteiger partial charge in [-0.3, -0.25) is 0 Å². The standard InChI is InChI=1S/C12H23N3S/c1-3-4-5-6-7-8-9-11(13)12-10(2)14-15-16-12/h11H,3-9,13H2,1-2H3. The van der Waals surface area contributed by atoms with Gasteiger partial charge in [-0.2, -0.15) is 0 Å². The molecular weight excluding hydrogens is 218 g/mol. The zero-order valence-electron chi connectivity index (χ0n) is 10.4. The normalized spacial score (nSPS) is 12.9. The van der Waals surface area contributed by atoms with Gasteiger partial charge in [0.15, 0.2) is 0 Å². The van der Waals surface area contributed by atoms with Crippen molar-refractivity contribution in [2.24, 2.45) is 5.73 Å². The molecule has 0 aromatic carbocycles. The lowest BCUT2D eigenvalue weighted by Gasteiger charge is -2.09. The minimum Gasteiger partial charge on any atom is -0.323 e. The third kappa shape index (κ3) is 4.58. The van der Waals surface area contributed by atoms with Crippen molar-refractivity contribution < 1.29 is 0 Å². The number of aryl methyl sites for hydroxylation is 1. The van der Waals surface area contributed by atoms with E-state index in [0.29, 0.717) is 0 Å². The molecule has 1 heterocycles. The fourth-order valence-corrected chi connectivity index (χ4v) is 2.53. The highest BCUT2D eigenvalue weighted by molar-refractivity contribution is 7.05. The predicted octanol–water partition coefficient (Wildman–Crippen LogP) is 3.60. The van der Waals surface area contributed by atoms with Crippen LogP contribution in [0.5, 0.6) is 0 Å². The zero-order valence-corrected chi connectivity index (χ0v) is 11.2. The Balaban J connectivity index is 2.11. The predicted molar refractivity (Wildman–Crippen MR) is 69.6 cm³/mol.